The fourth-order valence-electron chi connectivity index (χ4n) is 7.45. The van der Waals surface area contributed by atoms with Crippen LogP contribution in [-0.2, 0) is 12.8 Å². The lowest BCUT2D eigenvalue weighted by Crippen LogP contribution is -2.27. The van der Waals surface area contributed by atoms with Gasteiger partial charge in [0.05, 0.1) is 5.56 Å². The van der Waals surface area contributed by atoms with Crippen LogP contribution in [0.3, 0.4) is 0 Å². The van der Waals surface area contributed by atoms with E-state index >= 15 is 0 Å². The summed E-state index contributed by atoms with van der Waals surface area (Å²) in [6.07, 6.45) is 21.7. The molecule has 1 amide bonds. The Morgan fingerprint density at radius 3 is 1.51 bits per heavy atom. The monoisotopic (exact) mass is 732 g/mol. The molecule has 0 aliphatic heterocycles. The molecule has 2 aromatic carbocycles. The number of rotatable bonds is 13. The summed E-state index contributed by atoms with van der Waals surface area (Å²) >= 11 is 0. The maximum Gasteiger partial charge on any atom is 0.339 e. The molecule has 8 N–H and O–H groups in total. The third kappa shape index (κ3) is 12.0. The van der Waals surface area contributed by atoms with Gasteiger partial charge >= 0.3 is 5.97 Å². The number of nitrogens with one attached hydrogen (secondary N) is 1. The minimum absolute atomic E-state index is 0.00921. The summed E-state index contributed by atoms with van der Waals surface area (Å²) in [5, 5.41) is 55.1. The number of phenolic OH excluding ortho intramolecular Hbond substituents is 3. The predicted molar refractivity (Wildman–Crippen MR) is 211 cm³/mol. The van der Waals surface area contributed by atoms with E-state index in [9.17, 15) is 35.1 Å². The number of nitrogens with two attached hydrogens (primary N) is 1. The van der Waals surface area contributed by atoms with Gasteiger partial charge in [-0.15, -0.1) is 0 Å². The van der Waals surface area contributed by atoms with E-state index in [-0.39, 0.29) is 52.3 Å². The van der Waals surface area contributed by atoms with Gasteiger partial charge in [-0.3, -0.25) is 4.79 Å². The number of aromatic carboxylic acids is 1. The topological polar surface area (TPSA) is 173 Å². The first kappa shape index (κ1) is 41.8. The van der Waals surface area contributed by atoms with E-state index in [4.69, 9.17) is 5.73 Å². The first-order chi connectivity index (χ1) is 25.4. The van der Waals surface area contributed by atoms with Crippen molar-refractivity contribution in [3.05, 3.63) is 68.8 Å². The normalized spacial score (nSPS) is 19.5. The summed E-state index contributed by atoms with van der Waals surface area (Å²) in [7, 11) is 0. The van der Waals surface area contributed by atoms with Crippen LogP contribution in [0.2, 0.25) is 0 Å². The van der Waals surface area contributed by atoms with Gasteiger partial charge in [-0.05, 0) is 127 Å². The summed E-state index contributed by atoms with van der Waals surface area (Å²) in [4.78, 5) is 24.4. The molecule has 0 spiro atoms. The van der Waals surface area contributed by atoms with Gasteiger partial charge in [0.15, 0.2) is 0 Å². The molecule has 6 rings (SSSR count). The standard InChI is InChI=1S/C22H31NO3.C19H26O4.C3H7N/c1-3-4-5-8-16-13-18(24)19(15-9-6-7-14(2)12-15)21(25)20(16)22(26)23-17-10-11-17;1-3-4-5-8-14-11-15(20)16(18(21)17(14)19(22)23)13-9-6-7-12(2)10-13;4-3-1-2-3/h12-13,15,17,24-25H,3-11H2,1-2H3,(H,23,26);10-11,13,20-21H,3-9H2,1-2H3,(H,22,23);3H,1-2,4H2. The van der Waals surface area contributed by atoms with Gasteiger partial charge in [0, 0.05) is 35.0 Å². The van der Waals surface area contributed by atoms with Crippen molar-refractivity contribution >= 4 is 11.9 Å². The highest BCUT2D eigenvalue weighted by Gasteiger charge is 2.31. The van der Waals surface area contributed by atoms with Crippen molar-refractivity contribution in [1.29, 1.82) is 0 Å². The SMILES string of the molecule is CCCCCc1cc(O)c(C2C=C(C)CCC2)c(O)c1C(=O)NC1CC1.CCCCCc1cc(O)c(C2C=C(C)CCC2)c(O)c1C(=O)O.NC1CC1. The van der Waals surface area contributed by atoms with Crippen molar-refractivity contribution in [3.8, 4) is 23.0 Å². The molecule has 9 nitrogen and oxygen atoms in total. The molecule has 292 valence electrons. The molecule has 4 aliphatic rings. The largest absolute Gasteiger partial charge is 0.507 e. The van der Waals surface area contributed by atoms with Crippen LogP contribution in [0.4, 0.5) is 0 Å². The Morgan fingerprint density at radius 2 is 1.13 bits per heavy atom. The Morgan fingerprint density at radius 1 is 0.698 bits per heavy atom. The van der Waals surface area contributed by atoms with E-state index in [1.807, 2.05) is 13.0 Å². The van der Waals surface area contributed by atoms with E-state index in [0.717, 1.165) is 95.5 Å². The van der Waals surface area contributed by atoms with Crippen molar-refractivity contribution in [1.82, 2.24) is 5.32 Å². The van der Waals surface area contributed by atoms with Crippen molar-refractivity contribution in [2.45, 2.75) is 167 Å². The van der Waals surface area contributed by atoms with Crippen LogP contribution >= 0.6 is 0 Å². The third-order valence-electron chi connectivity index (χ3n) is 10.8. The van der Waals surface area contributed by atoms with Gasteiger partial charge < -0.3 is 36.6 Å². The predicted octanol–water partition coefficient (Wildman–Crippen LogP) is 9.79. The Labute approximate surface area is 316 Å². The smallest absolute Gasteiger partial charge is 0.339 e. The van der Waals surface area contributed by atoms with E-state index in [1.54, 1.807) is 6.07 Å². The number of aromatic hydroxyl groups is 4. The highest BCUT2D eigenvalue weighted by atomic mass is 16.4. The summed E-state index contributed by atoms with van der Waals surface area (Å²) in [6, 6.07) is 4.07. The van der Waals surface area contributed by atoms with E-state index in [0.29, 0.717) is 41.1 Å². The molecule has 2 aromatic rings. The minimum Gasteiger partial charge on any atom is -0.507 e. The second kappa shape index (κ2) is 19.9. The molecule has 9 heteroatoms. The minimum atomic E-state index is -1.13. The second-order valence-corrected chi connectivity index (χ2v) is 15.7. The average molecular weight is 733 g/mol. The molecule has 4 aliphatic carbocycles. The van der Waals surface area contributed by atoms with Crippen molar-refractivity contribution in [2.75, 3.05) is 0 Å². The number of carbonyl (C=O) groups excluding carboxylic acids is 1. The fourth-order valence-corrected chi connectivity index (χ4v) is 7.45. The van der Waals surface area contributed by atoms with Gasteiger partial charge in [-0.1, -0.05) is 62.8 Å². The molecule has 2 atom stereocenters. The molecule has 2 saturated carbocycles. The van der Waals surface area contributed by atoms with E-state index in [2.05, 4.69) is 32.2 Å². The lowest BCUT2D eigenvalue weighted by Gasteiger charge is -2.24. The lowest BCUT2D eigenvalue weighted by molar-refractivity contribution is 0.0691. The van der Waals surface area contributed by atoms with Gasteiger partial charge in [-0.2, -0.15) is 0 Å². The zero-order chi connectivity index (χ0) is 38.7. The van der Waals surface area contributed by atoms with Crippen LogP contribution in [0.1, 0.15) is 185 Å². The van der Waals surface area contributed by atoms with Crippen LogP contribution in [0.15, 0.2) is 35.4 Å². The van der Waals surface area contributed by atoms with Crippen LogP contribution in [0.25, 0.3) is 0 Å². The quantitative estimate of drug-likeness (QED) is 0.0787. The molecular weight excluding hydrogens is 668 g/mol. The highest BCUT2D eigenvalue weighted by molar-refractivity contribution is 5.99. The first-order valence-electron chi connectivity index (χ1n) is 20.2. The zero-order valence-corrected chi connectivity index (χ0v) is 32.5. The Bertz CT molecular complexity index is 1640. The third-order valence-corrected chi connectivity index (χ3v) is 10.8. The zero-order valence-electron chi connectivity index (χ0n) is 32.5. The van der Waals surface area contributed by atoms with Gasteiger partial charge in [0.25, 0.3) is 5.91 Å². The average Bonchev–Trinajstić information content (AvgIpc) is 4.04. The molecular formula is C44H64N2O7. The summed E-state index contributed by atoms with van der Waals surface area (Å²) < 4.78 is 0. The Balaban J connectivity index is 0.000000215. The van der Waals surface area contributed by atoms with Crippen LogP contribution < -0.4 is 11.1 Å². The molecule has 0 saturated heterocycles. The van der Waals surface area contributed by atoms with Crippen LogP contribution in [0, 0.1) is 0 Å². The molecule has 2 fully saturated rings. The van der Waals surface area contributed by atoms with Crippen molar-refractivity contribution in [2.24, 2.45) is 5.73 Å². The lowest BCUT2D eigenvalue weighted by atomic mass is 9.83. The van der Waals surface area contributed by atoms with Crippen molar-refractivity contribution in [3.63, 3.8) is 0 Å². The van der Waals surface area contributed by atoms with Gasteiger partial charge in [-0.25, -0.2) is 4.79 Å². The number of carbonyl (C=O) groups is 2. The Hall–Kier alpha value is -3.98. The van der Waals surface area contributed by atoms with Crippen molar-refractivity contribution < 1.29 is 35.1 Å². The van der Waals surface area contributed by atoms with Gasteiger partial charge in [0.2, 0.25) is 0 Å². The van der Waals surface area contributed by atoms with Gasteiger partial charge in [0.1, 0.15) is 28.6 Å². The summed E-state index contributed by atoms with van der Waals surface area (Å²) in [5.41, 5.74) is 10.2. The number of benzene rings is 2. The summed E-state index contributed by atoms with van der Waals surface area (Å²) in [5.74, 6) is -1.64. The van der Waals surface area contributed by atoms with Crippen LogP contribution in [-0.4, -0.2) is 49.5 Å². The number of aryl methyl sites for hydroxylation is 2. The molecule has 0 heterocycles. The molecule has 0 aromatic heterocycles. The Kier molecular flexibility index (Phi) is 15.7. The van der Waals surface area contributed by atoms with E-state index in [1.165, 1.54) is 30.1 Å². The first-order valence-corrected chi connectivity index (χ1v) is 20.2. The maximum atomic E-state index is 12.8. The number of amides is 1. The fraction of sp³-hybridized carbons (Fsp3) is 0.591. The van der Waals surface area contributed by atoms with E-state index < -0.39 is 5.97 Å². The number of carboxylic acids is 1. The number of unbranched alkanes of at least 4 members (excludes halogenated alkanes) is 4. The maximum absolute atomic E-state index is 12.8. The molecule has 0 radical (unpaired) electrons. The van der Waals surface area contributed by atoms with Crippen LogP contribution in [0.5, 0.6) is 23.0 Å². The molecule has 2 unspecified atom stereocenters. The highest BCUT2D eigenvalue weighted by Crippen LogP contribution is 2.45. The second-order valence-electron chi connectivity index (χ2n) is 15.7. The molecule has 53 heavy (non-hydrogen) atoms. The summed E-state index contributed by atoms with van der Waals surface area (Å²) in [6.45, 7) is 8.32. The number of hydrogen-bond acceptors (Lipinski definition) is 7. The number of carboxylic acid groups (broad SMARTS) is 1. The number of allylic oxidation sites excluding steroid dienone is 4. The number of hydrogen-bond donors (Lipinski definition) is 7. The number of phenols is 4. The molecule has 0 bridgehead atoms.